The van der Waals surface area contributed by atoms with E-state index >= 15 is 0 Å². The Morgan fingerprint density at radius 3 is 1.95 bits per heavy atom. The Hall–Kier alpha value is -0.440. The third-order valence-corrected chi connectivity index (χ3v) is 9.70. The number of aryl methyl sites for hydroxylation is 1. The molecule has 2 aliphatic carbocycles. The summed E-state index contributed by atoms with van der Waals surface area (Å²) in [6, 6.07) is 5.44. The minimum atomic E-state index is -4.14. The lowest BCUT2D eigenvalue weighted by Crippen LogP contribution is -2.24. The van der Waals surface area contributed by atoms with Crippen LogP contribution in [0, 0.1) is 6.92 Å². The van der Waals surface area contributed by atoms with Crippen LogP contribution in [0.4, 0.5) is 0 Å². The van der Waals surface area contributed by atoms with E-state index in [1.54, 1.807) is 12.1 Å². The van der Waals surface area contributed by atoms with Gasteiger partial charge in [0.2, 0.25) is 0 Å². The summed E-state index contributed by atoms with van der Waals surface area (Å²) < 4.78 is 33.4. The van der Waals surface area contributed by atoms with Crippen molar-refractivity contribution in [2.75, 3.05) is 0 Å². The van der Waals surface area contributed by atoms with Gasteiger partial charge < -0.3 is 0 Å². The fourth-order valence-corrected chi connectivity index (χ4v) is 9.24. The number of rotatable bonds is 4. The maximum Gasteiger partial charge on any atom is 0.295 e. The molecule has 0 saturated heterocycles. The quantitative estimate of drug-likeness (QED) is 0.659. The fourth-order valence-electron chi connectivity index (χ4n) is 4.10. The van der Waals surface area contributed by atoms with E-state index in [1.165, 1.54) is 51.4 Å². The molecule has 1 aromatic carbocycles. The molecule has 122 valence electrons. The van der Waals surface area contributed by atoms with Crippen LogP contribution in [0.25, 0.3) is 0 Å². The highest BCUT2D eigenvalue weighted by molar-refractivity contribution is 7.86. The van der Waals surface area contributed by atoms with Gasteiger partial charge in [0.15, 0.2) is 0 Å². The monoisotopic (exact) mass is 340 g/mol. The highest BCUT2D eigenvalue weighted by atomic mass is 32.2. The van der Waals surface area contributed by atoms with E-state index in [0.29, 0.717) is 11.3 Å². The molecule has 5 heteroatoms. The largest absolute Gasteiger partial charge is 0.295 e. The van der Waals surface area contributed by atoms with Crippen LogP contribution in [0.2, 0.25) is 0 Å². The minimum absolute atomic E-state index is 0.169. The Kier molecular flexibility index (Phi) is 4.92. The molecular weight excluding hydrogens is 315 g/mol. The highest BCUT2D eigenvalue weighted by Gasteiger charge is 2.36. The molecule has 0 atom stereocenters. The molecule has 1 N–H and O–H groups in total. The third-order valence-electron chi connectivity index (χ3n) is 5.11. The van der Waals surface area contributed by atoms with Crippen molar-refractivity contribution >= 4 is 23.3 Å². The van der Waals surface area contributed by atoms with E-state index in [-0.39, 0.29) is 4.90 Å². The summed E-state index contributed by atoms with van der Waals surface area (Å²) in [6.07, 6.45) is 9.96. The van der Waals surface area contributed by atoms with Crippen LogP contribution in [-0.2, 0) is 10.1 Å². The van der Waals surface area contributed by atoms with Gasteiger partial charge in [-0.2, -0.15) is 8.42 Å². The Bertz CT molecular complexity index is 613. The zero-order valence-corrected chi connectivity index (χ0v) is 14.9. The summed E-state index contributed by atoms with van der Waals surface area (Å²) in [6.45, 7) is 2.01. The van der Waals surface area contributed by atoms with Gasteiger partial charge >= 0.3 is 0 Å². The predicted molar refractivity (Wildman–Crippen MR) is 92.1 cm³/mol. The Morgan fingerprint density at radius 1 is 1.00 bits per heavy atom. The first-order chi connectivity index (χ1) is 10.5. The summed E-state index contributed by atoms with van der Waals surface area (Å²) in [5.74, 6) is 0. The Balaban J connectivity index is 2.08. The summed E-state index contributed by atoms with van der Waals surface area (Å²) in [5, 5.41) is 0.941. The predicted octanol–water partition coefficient (Wildman–Crippen LogP) is 4.23. The van der Waals surface area contributed by atoms with E-state index in [2.05, 4.69) is 0 Å². The van der Waals surface area contributed by atoms with Gasteiger partial charge in [0, 0.05) is 0 Å². The van der Waals surface area contributed by atoms with E-state index in [1.807, 2.05) is 13.0 Å². The van der Waals surface area contributed by atoms with E-state index in [9.17, 15) is 13.0 Å². The number of benzene rings is 1. The molecule has 0 amide bonds. The normalized spacial score (nSPS) is 21.0. The van der Waals surface area contributed by atoms with Crippen molar-refractivity contribution < 1.29 is 13.0 Å². The first kappa shape index (κ1) is 16.4. The molecule has 0 spiro atoms. The van der Waals surface area contributed by atoms with Crippen molar-refractivity contribution in [2.45, 2.75) is 74.5 Å². The van der Waals surface area contributed by atoms with E-state index in [4.69, 9.17) is 0 Å². The van der Waals surface area contributed by atoms with E-state index in [0.717, 1.165) is 10.9 Å². The zero-order chi connectivity index (χ0) is 15.7. The first-order valence-electron chi connectivity index (χ1n) is 8.33. The van der Waals surface area contributed by atoms with Gasteiger partial charge in [0.05, 0.1) is 0 Å². The third kappa shape index (κ3) is 3.39. The Labute approximate surface area is 135 Å². The lowest BCUT2D eigenvalue weighted by atomic mass is 10.2. The van der Waals surface area contributed by atoms with Gasteiger partial charge in [0.25, 0.3) is 10.1 Å². The van der Waals surface area contributed by atoms with E-state index < -0.39 is 18.0 Å². The van der Waals surface area contributed by atoms with Crippen molar-refractivity contribution in [3.63, 3.8) is 0 Å². The summed E-state index contributed by atoms with van der Waals surface area (Å²) >= 11 is 0. The molecule has 3 nitrogen and oxygen atoms in total. The SMILES string of the molecule is Cc1ccc(S(=O)(=O)O)c(P(C2CCCC2)C2CCCC2)c1. The topological polar surface area (TPSA) is 54.4 Å². The molecule has 3 rings (SSSR count). The van der Waals surface area contributed by atoms with Crippen molar-refractivity contribution in [3.05, 3.63) is 23.8 Å². The molecule has 2 saturated carbocycles. The lowest BCUT2D eigenvalue weighted by Gasteiger charge is -2.31. The van der Waals surface area contributed by atoms with Gasteiger partial charge in [-0.3, -0.25) is 4.55 Å². The molecule has 2 fully saturated rings. The van der Waals surface area contributed by atoms with Crippen LogP contribution >= 0.6 is 7.92 Å². The second-order valence-electron chi connectivity index (χ2n) is 6.73. The fraction of sp³-hybridized carbons (Fsp3) is 0.647. The Morgan fingerprint density at radius 2 is 1.50 bits per heavy atom. The summed E-state index contributed by atoms with van der Waals surface area (Å²) in [7, 11) is -4.64. The molecular formula is C17H25O3PS. The molecule has 0 radical (unpaired) electrons. The maximum absolute atomic E-state index is 11.9. The lowest BCUT2D eigenvalue weighted by molar-refractivity contribution is 0.484. The van der Waals surface area contributed by atoms with Crippen LogP contribution in [-0.4, -0.2) is 24.3 Å². The van der Waals surface area contributed by atoms with Crippen LogP contribution in [0.3, 0.4) is 0 Å². The molecule has 0 heterocycles. The van der Waals surface area contributed by atoms with Gasteiger partial charge in [-0.25, -0.2) is 0 Å². The van der Waals surface area contributed by atoms with Crippen LogP contribution in [0.1, 0.15) is 56.9 Å². The number of hydrogen-bond donors (Lipinski definition) is 1. The minimum Gasteiger partial charge on any atom is -0.282 e. The second kappa shape index (κ2) is 6.59. The van der Waals surface area contributed by atoms with Crippen LogP contribution in [0.15, 0.2) is 23.1 Å². The van der Waals surface area contributed by atoms with Crippen molar-refractivity contribution in [1.82, 2.24) is 0 Å². The molecule has 0 aliphatic heterocycles. The van der Waals surface area contributed by atoms with Gasteiger partial charge in [-0.1, -0.05) is 51.3 Å². The van der Waals surface area contributed by atoms with Crippen LogP contribution < -0.4 is 5.30 Å². The molecule has 0 aromatic heterocycles. The first-order valence-corrected chi connectivity index (χ1v) is 11.3. The van der Waals surface area contributed by atoms with Gasteiger partial charge in [-0.05, 0) is 55.3 Å². The van der Waals surface area contributed by atoms with Crippen molar-refractivity contribution in [1.29, 1.82) is 0 Å². The second-order valence-corrected chi connectivity index (χ2v) is 10.9. The molecule has 0 bridgehead atoms. The summed E-state index contributed by atoms with van der Waals surface area (Å²) in [5.41, 5.74) is 2.37. The zero-order valence-electron chi connectivity index (χ0n) is 13.2. The molecule has 22 heavy (non-hydrogen) atoms. The maximum atomic E-state index is 11.9. The van der Waals surface area contributed by atoms with Gasteiger partial charge in [0.1, 0.15) is 4.90 Å². The standard InChI is InChI=1S/C17H25O3PS/c1-13-10-11-17(22(18,19)20)16(12-13)21(14-6-2-3-7-14)15-8-4-5-9-15/h10-12,14-15H,2-9H2,1H3,(H,18,19,20). The van der Waals surface area contributed by atoms with Crippen molar-refractivity contribution in [3.8, 4) is 0 Å². The number of hydrogen-bond acceptors (Lipinski definition) is 2. The molecule has 0 unspecified atom stereocenters. The average Bonchev–Trinajstić information content (AvgIpc) is 3.11. The van der Waals surface area contributed by atoms with Gasteiger partial charge in [-0.15, -0.1) is 0 Å². The highest BCUT2D eigenvalue weighted by Crippen LogP contribution is 2.57. The van der Waals surface area contributed by atoms with Crippen molar-refractivity contribution in [2.24, 2.45) is 0 Å². The summed E-state index contributed by atoms with van der Waals surface area (Å²) in [4.78, 5) is 0.169. The molecule has 1 aromatic rings. The smallest absolute Gasteiger partial charge is 0.282 e. The van der Waals surface area contributed by atoms with Crippen LogP contribution in [0.5, 0.6) is 0 Å². The molecule has 2 aliphatic rings. The average molecular weight is 340 g/mol.